The Balaban J connectivity index is 2.47. The molecular formula is C13H17NO2Si. The number of fused-ring (bicyclic) bond motifs is 1. The van der Waals surface area contributed by atoms with Crippen LogP contribution in [0.4, 0.5) is 0 Å². The van der Waals surface area contributed by atoms with Crippen molar-refractivity contribution in [2.24, 2.45) is 11.3 Å². The number of carbonyl (C=O) groups excluding carboxylic acids is 2. The summed E-state index contributed by atoms with van der Waals surface area (Å²) in [6, 6.07) is 2.18. The van der Waals surface area contributed by atoms with Gasteiger partial charge in [-0.05, 0) is 18.8 Å². The topological polar surface area (TPSA) is 57.9 Å². The van der Waals surface area contributed by atoms with Crippen LogP contribution in [0.2, 0.25) is 19.6 Å². The fourth-order valence-electron chi connectivity index (χ4n) is 2.92. The number of rotatable bonds is 2. The second kappa shape index (κ2) is 3.64. The number of ketones is 1. The molecule has 0 aromatic carbocycles. The Bertz CT molecular complexity index is 467. The molecule has 0 heterocycles. The van der Waals surface area contributed by atoms with Gasteiger partial charge in [0, 0.05) is 12.0 Å². The van der Waals surface area contributed by atoms with Crippen molar-refractivity contribution in [1.82, 2.24) is 0 Å². The quantitative estimate of drug-likeness (QED) is 0.703. The van der Waals surface area contributed by atoms with Crippen LogP contribution in [0.25, 0.3) is 0 Å². The van der Waals surface area contributed by atoms with E-state index in [1.54, 1.807) is 0 Å². The number of hydrogen-bond donors (Lipinski definition) is 0. The summed E-state index contributed by atoms with van der Waals surface area (Å²) in [5.74, 6) is 0.00986. The third-order valence-corrected chi connectivity index (χ3v) is 5.54. The molecule has 0 spiro atoms. The molecular weight excluding hydrogens is 230 g/mol. The van der Waals surface area contributed by atoms with E-state index in [2.05, 4.69) is 6.07 Å². The molecule has 0 amide bonds. The van der Waals surface area contributed by atoms with Gasteiger partial charge in [-0.15, -0.1) is 0 Å². The van der Waals surface area contributed by atoms with Crippen LogP contribution in [0.15, 0.2) is 11.6 Å². The van der Waals surface area contributed by atoms with Crippen molar-refractivity contribution in [1.29, 1.82) is 5.26 Å². The Morgan fingerprint density at radius 1 is 1.53 bits per heavy atom. The predicted molar refractivity (Wildman–Crippen MR) is 66.8 cm³/mol. The fourth-order valence-corrected chi connectivity index (χ4v) is 4.03. The van der Waals surface area contributed by atoms with Crippen LogP contribution < -0.4 is 0 Å². The lowest BCUT2D eigenvalue weighted by atomic mass is 9.77. The average molecular weight is 247 g/mol. The Morgan fingerprint density at radius 3 is 2.71 bits per heavy atom. The zero-order valence-electron chi connectivity index (χ0n) is 10.5. The summed E-state index contributed by atoms with van der Waals surface area (Å²) >= 11 is 0. The Hall–Kier alpha value is -1.21. The molecule has 0 bridgehead atoms. The second-order valence-corrected chi connectivity index (χ2v) is 11.0. The fraction of sp³-hybridized carbons (Fsp3) is 0.615. The van der Waals surface area contributed by atoms with E-state index in [9.17, 15) is 14.9 Å². The summed E-state index contributed by atoms with van der Waals surface area (Å²) in [7, 11) is -1.99. The Labute approximate surface area is 103 Å². The minimum atomic E-state index is -1.99. The molecule has 3 nitrogen and oxygen atoms in total. The lowest BCUT2D eigenvalue weighted by molar-refractivity contribution is -0.124. The first-order valence-corrected chi connectivity index (χ1v) is 9.54. The van der Waals surface area contributed by atoms with Gasteiger partial charge in [-0.25, -0.2) is 0 Å². The molecule has 2 aliphatic carbocycles. The third-order valence-electron chi connectivity index (χ3n) is 3.91. The summed E-state index contributed by atoms with van der Waals surface area (Å²) in [5, 5.41) is 9.51. The summed E-state index contributed by atoms with van der Waals surface area (Å²) in [6.07, 6.45) is 3.77. The van der Waals surface area contributed by atoms with Gasteiger partial charge in [0.05, 0.1) is 6.07 Å². The standard InChI is InChI=1S/C13H17NO2Si/c1-17(2,3)12(16)10-6-4-9-5-7-11(15)13(9,10)8-14/h6,9H,4-5,7H2,1-3H3. The molecule has 0 aromatic rings. The summed E-state index contributed by atoms with van der Waals surface area (Å²) in [5.41, 5.74) is -0.566. The van der Waals surface area contributed by atoms with Gasteiger partial charge in [0.2, 0.25) is 0 Å². The van der Waals surface area contributed by atoms with Gasteiger partial charge in [-0.3, -0.25) is 4.79 Å². The summed E-state index contributed by atoms with van der Waals surface area (Å²) in [4.78, 5) is 24.5. The van der Waals surface area contributed by atoms with Crippen molar-refractivity contribution in [3.05, 3.63) is 11.6 Å². The Morgan fingerprint density at radius 2 is 2.18 bits per heavy atom. The first-order valence-electron chi connectivity index (χ1n) is 6.04. The van der Waals surface area contributed by atoms with Gasteiger partial charge < -0.3 is 4.79 Å². The molecule has 1 fully saturated rings. The first kappa shape index (κ1) is 12.2. The summed E-state index contributed by atoms with van der Waals surface area (Å²) < 4.78 is 0. The van der Waals surface area contributed by atoms with Gasteiger partial charge in [-0.2, -0.15) is 5.26 Å². The number of nitrogens with zero attached hydrogens (tertiary/aromatic N) is 1. The molecule has 0 aromatic heterocycles. The van der Waals surface area contributed by atoms with Crippen molar-refractivity contribution in [3.8, 4) is 6.07 Å². The van der Waals surface area contributed by atoms with Gasteiger partial charge >= 0.3 is 0 Å². The van der Waals surface area contributed by atoms with Crippen LogP contribution in [0.1, 0.15) is 19.3 Å². The first-order chi connectivity index (χ1) is 7.84. The van der Waals surface area contributed by atoms with Crippen molar-refractivity contribution in [2.75, 3.05) is 0 Å². The lowest BCUT2D eigenvalue weighted by Gasteiger charge is -2.26. The van der Waals surface area contributed by atoms with E-state index >= 15 is 0 Å². The van der Waals surface area contributed by atoms with Crippen LogP contribution in [0, 0.1) is 22.7 Å². The minimum absolute atomic E-state index is 0.0413. The maximum absolute atomic E-state index is 12.4. The van der Waals surface area contributed by atoms with E-state index < -0.39 is 13.5 Å². The highest BCUT2D eigenvalue weighted by molar-refractivity contribution is 7.05. The molecule has 2 rings (SSSR count). The molecule has 0 saturated heterocycles. The largest absolute Gasteiger partial charge is 0.300 e. The van der Waals surface area contributed by atoms with Crippen LogP contribution in [0.3, 0.4) is 0 Å². The smallest absolute Gasteiger partial charge is 0.157 e. The number of nitriles is 1. The van der Waals surface area contributed by atoms with Crippen LogP contribution >= 0.6 is 0 Å². The van der Waals surface area contributed by atoms with Gasteiger partial charge in [0.15, 0.2) is 5.78 Å². The van der Waals surface area contributed by atoms with Crippen molar-refractivity contribution >= 4 is 19.3 Å². The zero-order valence-corrected chi connectivity index (χ0v) is 11.5. The van der Waals surface area contributed by atoms with Gasteiger partial charge in [0.25, 0.3) is 0 Å². The molecule has 2 atom stereocenters. The third kappa shape index (κ3) is 1.53. The molecule has 0 aliphatic heterocycles. The van der Waals surface area contributed by atoms with E-state index in [1.165, 1.54) is 0 Å². The number of Topliss-reactive ketones (excluding diaryl/α,β-unsaturated/α-hetero) is 1. The SMILES string of the molecule is C[Si](C)(C)C(=O)C1=CCC2CCC(=O)C12C#N. The van der Waals surface area contributed by atoms with Gasteiger partial charge in [-0.1, -0.05) is 25.7 Å². The van der Waals surface area contributed by atoms with Crippen LogP contribution in [-0.4, -0.2) is 19.3 Å². The number of allylic oxidation sites excluding steroid dienone is 2. The van der Waals surface area contributed by atoms with E-state index in [-0.39, 0.29) is 17.1 Å². The van der Waals surface area contributed by atoms with Gasteiger partial charge in [0.1, 0.15) is 18.9 Å². The Kier molecular flexibility index (Phi) is 2.62. The molecule has 90 valence electrons. The van der Waals surface area contributed by atoms with E-state index in [0.29, 0.717) is 18.4 Å². The molecule has 4 heteroatoms. The van der Waals surface area contributed by atoms with E-state index in [1.807, 2.05) is 25.7 Å². The molecule has 17 heavy (non-hydrogen) atoms. The average Bonchev–Trinajstić information content (AvgIpc) is 2.75. The van der Waals surface area contributed by atoms with E-state index in [0.717, 1.165) is 6.42 Å². The van der Waals surface area contributed by atoms with Crippen molar-refractivity contribution in [3.63, 3.8) is 0 Å². The molecule has 2 aliphatic rings. The zero-order chi connectivity index (χ0) is 12.8. The minimum Gasteiger partial charge on any atom is -0.300 e. The van der Waals surface area contributed by atoms with Crippen molar-refractivity contribution in [2.45, 2.75) is 38.9 Å². The molecule has 1 saturated carbocycles. The van der Waals surface area contributed by atoms with E-state index in [4.69, 9.17) is 0 Å². The second-order valence-electron chi connectivity index (χ2n) is 6.01. The summed E-state index contributed by atoms with van der Waals surface area (Å²) in [6.45, 7) is 5.90. The van der Waals surface area contributed by atoms with Crippen LogP contribution in [-0.2, 0) is 9.59 Å². The maximum Gasteiger partial charge on any atom is 0.157 e. The van der Waals surface area contributed by atoms with Crippen LogP contribution in [0.5, 0.6) is 0 Å². The highest BCUT2D eigenvalue weighted by atomic mass is 28.3. The molecule has 0 radical (unpaired) electrons. The molecule has 0 N–H and O–H groups in total. The number of hydrogen-bond acceptors (Lipinski definition) is 3. The molecule has 2 unspecified atom stereocenters. The normalized spacial score (nSPS) is 32.0. The number of carbonyl (C=O) groups is 2. The highest BCUT2D eigenvalue weighted by Crippen LogP contribution is 2.52. The predicted octanol–water partition coefficient (Wildman–Crippen LogP) is 2.25. The lowest BCUT2D eigenvalue weighted by Crippen LogP contribution is -2.42. The maximum atomic E-state index is 12.4. The highest BCUT2D eigenvalue weighted by Gasteiger charge is 2.58. The van der Waals surface area contributed by atoms with Crippen molar-refractivity contribution < 1.29 is 9.59 Å². The monoisotopic (exact) mass is 247 g/mol.